The number of hydrogen-bond donors (Lipinski definition) is 1. The number of rotatable bonds is 7. The molecule has 0 saturated carbocycles. The lowest BCUT2D eigenvalue weighted by Gasteiger charge is -2.12. The Labute approximate surface area is 167 Å². The van der Waals surface area contributed by atoms with E-state index in [0.717, 1.165) is 17.7 Å². The molecule has 3 aromatic rings. The Balaban J connectivity index is 2.31. The van der Waals surface area contributed by atoms with Crippen LogP contribution in [0.25, 0.3) is 11.0 Å². The fraction of sp³-hybridized carbons (Fsp3) is 0.250. The fourth-order valence-corrected chi connectivity index (χ4v) is 3.58. The third-order valence-electron chi connectivity index (χ3n) is 4.44. The molecular weight excluding hydrogens is 385 g/mol. The van der Waals surface area contributed by atoms with Gasteiger partial charge in [0.15, 0.2) is 5.78 Å². The highest BCUT2D eigenvalue weighted by molar-refractivity contribution is 6.32. The number of ketones is 1. The number of Topliss-reactive ketones (excluding diaryl/α,β-unsaturated/α-hetero) is 1. The summed E-state index contributed by atoms with van der Waals surface area (Å²) in [6, 6.07) is 10.7. The number of pyridine rings is 1. The van der Waals surface area contributed by atoms with E-state index in [1.54, 1.807) is 6.07 Å². The van der Waals surface area contributed by atoms with Gasteiger partial charge in [0.05, 0.1) is 12.4 Å². The highest BCUT2D eigenvalue weighted by Gasteiger charge is 2.23. The zero-order chi connectivity index (χ0) is 19.6. The van der Waals surface area contributed by atoms with Crippen molar-refractivity contribution in [2.45, 2.75) is 26.3 Å². The first kappa shape index (κ1) is 19.4. The first-order valence-corrected chi connectivity index (χ1v) is 9.53. The van der Waals surface area contributed by atoms with E-state index in [-0.39, 0.29) is 17.4 Å². The average molecular weight is 404 g/mol. The number of carbonyl (C=O) groups is 2. The largest absolute Gasteiger partial charge is 0.364 e. The molecule has 0 bridgehead atoms. The van der Waals surface area contributed by atoms with E-state index in [0.29, 0.717) is 34.6 Å². The number of benzene rings is 1. The summed E-state index contributed by atoms with van der Waals surface area (Å²) >= 11 is 12.2. The zero-order valence-corrected chi connectivity index (χ0v) is 16.3. The fourth-order valence-electron chi connectivity index (χ4n) is 3.25. The van der Waals surface area contributed by atoms with Crippen molar-refractivity contribution < 1.29 is 9.59 Å². The number of hydrogen-bond acceptors (Lipinski definition) is 3. The molecule has 27 heavy (non-hydrogen) atoms. The van der Waals surface area contributed by atoms with Gasteiger partial charge in [-0.25, -0.2) is 4.98 Å². The van der Waals surface area contributed by atoms with E-state index in [4.69, 9.17) is 28.9 Å². The summed E-state index contributed by atoms with van der Waals surface area (Å²) in [5.74, 6) is -0.916. The predicted molar refractivity (Wildman–Crippen MR) is 108 cm³/mol. The standard InChI is InChI=1S/C20H19Cl2N3O2/c1-2-5-16-18(17(26)10-21)13-8-9-15(19(23)27)24-20(13)25(16)11-12-6-3-4-7-14(12)22/h3-4,6-9H,2,5,10-11H2,1H3,(H2,23,27). The lowest BCUT2D eigenvalue weighted by atomic mass is 10.1. The van der Waals surface area contributed by atoms with Crippen molar-refractivity contribution in [2.24, 2.45) is 5.73 Å². The average Bonchev–Trinajstić information content (AvgIpc) is 2.96. The smallest absolute Gasteiger partial charge is 0.267 e. The van der Waals surface area contributed by atoms with Gasteiger partial charge < -0.3 is 10.3 Å². The molecule has 2 aromatic heterocycles. The highest BCUT2D eigenvalue weighted by Crippen LogP contribution is 2.29. The van der Waals surface area contributed by atoms with Crippen LogP contribution in [0.4, 0.5) is 0 Å². The van der Waals surface area contributed by atoms with Crippen molar-refractivity contribution in [1.82, 2.24) is 9.55 Å². The summed E-state index contributed by atoms with van der Waals surface area (Å²) in [6.45, 7) is 2.46. The predicted octanol–water partition coefficient (Wildman–Crippen LogP) is 4.21. The van der Waals surface area contributed by atoms with E-state index >= 15 is 0 Å². The van der Waals surface area contributed by atoms with Crippen LogP contribution >= 0.6 is 23.2 Å². The maximum Gasteiger partial charge on any atom is 0.267 e. The Bertz CT molecular complexity index is 1030. The number of carbonyl (C=O) groups excluding carboxylic acids is 2. The second-order valence-corrected chi connectivity index (χ2v) is 6.91. The molecule has 0 saturated heterocycles. The van der Waals surface area contributed by atoms with Crippen LogP contribution in [0.3, 0.4) is 0 Å². The maximum atomic E-state index is 12.6. The van der Waals surface area contributed by atoms with E-state index in [2.05, 4.69) is 4.98 Å². The molecule has 2 N–H and O–H groups in total. The van der Waals surface area contributed by atoms with Gasteiger partial charge in [-0.15, -0.1) is 11.6 Å². The lowest BCUT2D eigenvalue weighted by molar-refractivity contribution is 0.0993. The molecule has 1 amide bonds. The second kappa shape index (κ2) is 8.11. The van der Waals surface area contributed by atoms with Gasteiger partial charge in [0.2, 0.25) is 0 Å². The van der Waals surface area contributed by atoms with Gasteiger partial charge >= 0.3 is 0 Å². The SMILES string of the molecule is CCCc1c(C(=O)CCl)c2ccc(C(N)=O)nc2n1Cc1ccccc1Cl. The second-order valence-electron chi connectivity index (χ2n) is 6.24. The van der Waals surface area contributed by atoms with Crippen LogP contribution < -0.4 is 5.73 Å². The number of aromatic nitrogens is 2. The Morgan fingerprint density at radius 2 is 1.93 bits per heavy atom. The van der Waals surface area contributed by atoms with Gasteiger partial charge in [-0.2, -0.15) is 0 Å². The molecule has 2 heterocycles. The number of alkyl halides is 1. The van der Waals surface area contributed by atoms with E-state index in [1.165, 1.54) is 6.07 Å². The van der Waals surface area contributed by atoms with Crippen molar-refractivity contribution in [3.8, 4) is 0 Å². The topological polar surface area (TPSA) is 78.0 Å². The summed E-state index contributed by atoms with van der Waals surface area (Å²) < 4.78 is 1.94. The first-order valence-electron chi connectivity index (χ1n) is 8.62. The zero-order valence-electron chi connectivity index (χ0n) is 14.8. The summed E-state index contributed by atoms with van der Waals surface area (Å²) in [4.78, 5) is 28.6. The molecule has 0 aliphatic rings. The van der Waals surface area contributed by atoms with Gasteiger partial charge in [0.1, 0.15) is 11.3 Å². The highest BCUT2D eigenvalue weighted by atomic mass is 35.5. The summed E-state index contributed by atoms with van der Waals surface area (Å²) in [5.41, 5.74) is 8.36. The summed E-state index contributed by atoms with van der Waals surface area (Å²) in [5, 5.41) is 1.29. The molecule has 0 aliphatic carbocycles. The van der Waals surface area contributed by atoms with Crippen molar-refractivity contribution in [2.75, 3.05) is 5.88 Å². The molecule has 0 atom stereocenters. The van der Waals surface area contributed by atoms with E-state index in [9.17, 15) is 9.59 Å². The molecule has 1 aromatic carbocycles. The van der Waals surface area contributed by atoms with Crippen LogP contribution in [0, 0.1) is 0 Å². The van der Waals surface area contributed by atoms with Crippen LogP contribution in [-0.2, 0) is 13.0 Å². The normalized spacial score (nSPS) is 11.1. The minimum atomic E-state index is -0.621. The maximum absolute atomic E-state index is 12.6. The molecule has 0 fully saturated rings. The van der Waals surface area contributed by atoms with Crippen molar-refractivity contribution in [3.05, 3.63) is 63.9 Å². The number of nitrogens with two attached hydrogens (primary N) is 1. The number of nitrogens with zero attached hydrogens (tertiary/aromatic N) is 2. The number of halogens is 2. The third-order valence-corrected chi connectivity index (χ3v) is 5.05. The molecule has 7 heteroatoms. The number of fused-ring (bicyclic) bond motifs is 1. The Morgan fingerprint density at radius 3 is 2.56 bits per heavy atom. The van der Waals surface area contributed by atoms with Gasteiger partial charge in [0, 0.05) is 21.7 Å². The first-order chi connectivity index (χ1) is 13.0. The number of primary amides is 1. The molecule has 0 spiro atoms. The quantitative estimate of drug-likeness (QED) is 0.473. The van der Waals surface area contributed by atoms with Crippen LogP contribution in [0.5, 0.6) is 0 Å². The van der Waals surface area contributed by atoms with Crippen molar-refractivity contribution in [1.29, 1.82) is 0 Å². The van der Waals surface area contributed by atoms with Gasteiger partial charge in [-0.05, 0) is 30.2 Å². The van der Waals surface area contributed by atoms with E-state index < -0.39 is 5.91 Å². The van der Waals surface area contributed by atoms with Crippen LogP contribution in [0.2, 0.25) is 5.02 Å². The van der Waals surface area contributed by atoms with Crippen molar-refractivity contribution in [3.63, 3.8) is 0 Å². The van der Waals surface area contributed by atoms with Crippen LogP contribution in [0.1, 0.15) is 45.4 Å². The Hall–Kier alpha value is -2.37. The van der Waals surface area contributed by atoms with E-state index in [1.807, 2.05) is 35.8 Å². The van der Waals surface area contributed by atoms with Gasteiger partial charge in [0.25, 0.3) is 5.91 Å². The molecule has 0 unspecified atom stereocenters. The van der Waals surface area contributed by atoms with Gasteiger partial charge in [-0.1, -0.05) is 43.1 Å². The monoisotopic (exact) mass is 403 g/mol. The molecule has 140 valence electrons. The summed E-state index contributed by atoms with van der Waals surface area (Å²) in [7, 11) is 0. The van der Waals surface area contributed by atoms with Crippen LogP contribution in [-0.4, -0.2) is 27.1 Å². The Kier molecular flexibility index (Phi) is 5.82. The lowest BCUT2D eigenvalue weighted by Crippen LogP contribution is -2.14. The Morgan fingerprint density at radius 1 is 1.19 bits per heavy atom. The molecule has 3 rings (SSSR count). The number of amides is 1. The molecule has 0 aliphatic heterocycles. The van der Waals surface area contributed by atoms with Crippen LogP contribution in [0.15, 0.2) is 36.4 Å². The minimum absolute atomic E-state index is 0.126. The molecule has 0 radical (unpaired) electrons. The third kappa shape index (κ3) is 3.70. The summed E-state index contributed by atoms with van der Waals surface area (Å²) in [6.07, 6.45) is 1.51. The van der Waals surface area contributed by atoms with Gasteiger partial charge in [-0.3, -0.25) is 9.59 Å². The molecular formula is C20H19Cl2N3O2. The minimum Gasteiger partial charge on any atom is -0.364 e. The molecule has 5 nitrogen and oxygen atoms in total. The van der Waals surface area contributed by atoms with Crippen molar-refractivity contribution >= 4 is 45.9 Å².